The van der Waals surface area contributed by atoms with Crippen molar-refractivity contribution < 1.29 is 14.0 Å². The monoisotopic (exact) mass is 386 g/mol. The van der Waals surface area contributed by atoms with E-state index < -0.39 is 0 Å². The molecule has 28 heavy (non-hydrogen) atoms. The van der Waals surface area contributed by atoms with Gasteiger partial charge in [-0.15, -0.1) is 0 Å². The first-order chi connectivity index (χ1) is 13.4. The van der Waals surface area contributed by atoms with Crippen LogP contribution >= 0.6 is 0 Å². The van der Waals surface area contributed by atoms with Crippen LogP contribution in [-0.4, -0.2) is 40.2 Å². The third-order valence-corrected chi connectivity index (χ3v) is 7.39. The molecule has 1 aliphatic carbocycles. The summed E-state index contributed by atoms with van der Waals surface area (Å²) in [7, 11) is 0. The second-order valence-electron chi connectivity index (χ2n) is 9.24. The molecule has 0 unspecified atom stereocenters. The number of hydrogen-bond acceptors (Lipinski definition) is 2. The maximum atomic E-state index is 13.2. The van der Waals surface area contributed by atoms with E-state index in [1.807, 2.05) is 4.90 Å². The summed E-state index contributed by atoms with van der Waals surface area (Å²) in [6, 6.07) is 6.43. The van der Waals surface area contributed by atoms with E-state index in [9.17, 15) is 14.0 Å². The molecular weight excluding hydrogens is 355 g/mol. The van der Waals surface area contributed by atoms with Crippen LogP contribution in [0.1, 0.15) is 70.3 Å². The largest absolute Gasteiger partial charge is 0.342 e. The standard InChI is InChI=1S/C23H31FN2O2/c1-22(10-3-2-4-11-22)21(28)25-15-13-23(14-16-25)12-9-20(27)26(23)17-18-5-7-19(24)8-6-18/h5-8H,2-4,9-17H2,1H3. The number of rotatable bonds is 3. The molecule has 2 aliphatic heterocycles. The van der Waals surface area contributed by atoms with E-state index in [1.54, 1.807) is 12.1 Å². The number of nitrogens with zero attached hydrogens (tertiary/aromatic N) is 2. The van der Waals surface area contributed by atoms with Crippen molar-refractivity contribution >= 4 is 11.8 Å². The summed E-state index contributed by atoms with van der Waals surface area (Å²) in [6.45, 7) is 4.15. The lowest BCUT2D eigenvalue weighted by molar-refractivity contribution is -0.146. The highest BCUT2D eigenvalue weighted by Crippen LogP contribution is 2.42. The van der Waals surface area contributed by atoms with E-state index in [0.29, 0.717) is 18.9 Å². The molecule has 0 radical (unpaired) electrons. The van der Waals surface area contributed by atoms with Gasteiger partial charge >= 0.3 is 0 Å². The Labute approximate surface area is 167 Å². The van der Waals surface area contributed by atoms with Crippen molar-refractivity contribution in [1.82, 2.24) is 9.80 Å². The number of halogens is 1. The Hall–Kier alpha value is -1.91. The molecule has 1 aromatic rings. The van der Waals surface area contributed by atoms with Crippen molar-refractivity contribution in [2.75, 3.05) is 13.1 Å². The molecule has 1 saturated carbocycles. The Morgan fingerprint density at radius 3 is 2.29 bits per heavy atom. The topological polar surface area (TPSA) is 40.6 Å². The zero-order valence-corrected chi connectivity index (χ0v) is 16.9. The van der Waals surface area contributed by atoms with Crippen LogP contribution in [0.25, 0.3) is 0 Å². The zero-order valence-electron chi connectivity index (χ0n) is 16.9. The molecular formula is C23H31FN2O2. The van der Waals surface area contributed by atoms with Gasteiger partial charge < -0.3 is 9.80 Å². The molecule has 1 aromatic carbocycles. The Balaban J connectivity index is 1.43. The second-order valence-corrected chi connectivity index (χ2v) is 9.24. The number of likely N-dealkylation sites (tertiary alicyclic amines) is 2. The Morgan fingerprint density at radius 2 is 1.64 bits per heavy atom. The van der Waals surface area contributed by atoms with Gasteiger partial charge in [0.25, 0.3) is 0 Å². The van der Waals surface area contributed by atoms with E-state index in [4.69, 9.17) is 0 Å². The Kier molecular flexibility index (Phi) is 5.19. The van der Waals surface area contributed by atoms with Crippen LogP contribution < -0.4 is 0 Å². The summed E-state index contributed by atoms with van der Waals surface area (Å²) < 4.78 is 13.2. The van der Waals surface area contributed by atoms with Crippen LogP contribution in [0, 0.1) is 11.2 Å². The zero-order chi connectivity index (χ0) is 19.8. The number of benzene rings is 1. The fourth-order valence-electron chi connectivity index (χ4n) is 5.48. The molecule has 2 amide bonds. The van der Waals surface area contributed by atoms with Gasteiger partial charge in [0.05, 0.1) is 0 Å². The Bertz CT molecular complexity index is 731. The maximum absolute atomic E-state index is 13.2. The summed E-state index contributed by atoms with van der Waals surface area (Å²) in [5, 5.41) is 0. The molecule has 4 rings (SSSR count). The molecule has 0 atom stereocenters. The predicted molar refractivity (Wildman–Crippen MR) is 106 cm³/mol. The molecule has 2 heterocycles. The quantitative estimate of drug-likeness (QED) is 0.778. The van der Waals surface area contributed by atoms with Crippen molar-refractivity contribution in [3.8, 4) is 0 Å². The molecule has 0 N–H and O–H groups in total. The van der Waals surface area contributed by atoms with E-state index in [2.05, 4.69) is 11.8 Å². The Morgan fingerprint density at radius 1 is 1.00 bits per heavy atom. The smallest absolute Gasteiger partial charge is 0.228 e. The lowest BCUT2D eigenvalue weighted by atomic mass is 9.74. The van der Waals surface area contributed by atoms with E-state index in [0.717, 1.165) is 63.6 Å². The van der Waals surface area contributed by atoms with Crippen molar-refractivity contribution in [2.24, 2.45) is 5.41 Å². The maximum Gasteiger partial charge on any atom is 0.228 e. The number of hydrogen-bond donors (Lipinski definition) is 0. The first kappa shape index (κ1) is 19.4. The average Bonchev–Trinajstić information content (AvgIpc) is 3.00. The van der Waals surface area contributed by atoms with E-state index in [1.165, 1.54) is 18.6 Å². The van der Waals surface area contributed by atoms with Gasteiger partial charge in [0.2, 0.25) is 11.8 Å². The van der Waals surface area contributed by atoms with Crippen molar-refractivity contribution in [1.29, 1.82) is 0 Å². The summed E-state index contributed by atoms with van der Waals surface area (Å²) in [5.41, 5.74) is 0.627. The van der Waals surface area contributed by atoms with Gasteiger partial charge in [0, 0.05) is 37.0 Å². The van der Waals surface area contributed by atoms with Crippen molar-refractivity contribution in [2.45, 2.75) is 76.8 Å². The molecule has 3 fully saturated rings. The highest BCUT2D eigenvalue weighted by molar-refractivity contribution is 5.83. The third-order valence-electron chi connectivity index (χ3n) is 7.39. The molecule has 152 valence electrons. The third kappa shape index (κ3) is 3.56. The number of carbonyl (C=O) groups excluding carboxylic acids is 2. The number of amides is 2. The molecule has 1 spiro atoms. The van der Waals surface area contributed by atoms with Crippen LogP contribution in [0.15, 0.2) is 24.3 Å². The molecule has 3 aliphatic rings. The van der Waals surface area contributed by atoms with E-state index in [-0.39, 0.29) is 22.7 Å². The minimum Gasteiger partial charge on any atom is -0.342 e. The second kappa shape index (κ2) is 7.49. The normalized spacial score (nSPS) is 24.0. The van der Waals surface area contributed by atoms with Crippen LogP contribution in [0.3, 0.4) is 0 Å². The summed E-state index contributed by atoms with van der Waals surface area (Å²) >= 11 is 0. The van der Waals surface area contributed by atoms with Gasteiger partial charge in [-0.2, -0.15) is 0 Å². The van der Waals surface area contributed by atoms with Gasteiger partial charge in [0.1, 0.15) is 5.82 Å². The van der Waals surface area contributed by atoms with Crippen LogP contribution in [0.4, 0.5) is 4.39 Å². The lowest BCUT2D eigenvalue weighted by Gasteiger charge is -2.47. The minimum atomic E-state index is -0.255. The van der Waals surface area contributed by atoms with Gasteiger partial charge in [0.15, 0.2) is 0 Å². The lowest BCUT2D eigenvalue weighted by Crippen LogP contribution is -2.55. The van der Waals surface area contributed by atoms with Gasteiger partial charge in [-0.1, -0.05) is 38.3 Å². The number of piperidine rings is 1. The van der Waals surface area contributed by atoms with Crippen LogP contribution in [0.5, 0.6) is 0 Å². The summed E-state index contributed by atoms with van der Waals surface area (Å²) in [4.78, 5) is 29.8. The first-order valence-electron chi connectivity index (χ1n) is 10.8. The first-order valence-corrected chi connectivity index (χ1v) is 10.8. The van der Waals surface area contributed by atoms with Gasteiger partial charge in [-0.05, 0) is 49.8 Å². The fourth-order valence-corrected chi connectivity index (χ4v) is 5.48. The highest BCUT2D eigenvalue weighted by atomic mass is 19.1. The van der Waals surface area contributed by atoms with Gasteiger partial charge in [-0.3, -0.25) is 9.59 Å². The van der Waals surface area contributed by atoms with Crippen molar-refractivity contribution in [3.05, 3.63) is 35.6 Å². The fraction of sp³-hybridized carbons (Fsp3) is 0.652. The summed E-state index contributed by atoms with van der Waals surface area (Å²) in [6.07, 6.45) is 8.69. The number of carbonyl (C=O) groups is 2. The average molecular weight is 387 g/mol. The van der Waals surface area contributed by atoms with E-state index >= 15 is 0 Å². The summed E-state index contributed by atoms with van der Waals surface area (Å²) in [5.74, 6) is 0.244. The molecule has 0 aromatic heterocycles. The molecule has 5 heteroatoms. The molecule has 0 bridgehead atoms. The van der Waals surface area contributed by atoms with Crippen LogP contribution in [-0.2, 0) is 16.1 Å². The molecule has 4 nitrogen and oxygen atoms in total. The molecule has 2 saturated heterocycles. The SMILES string of the molecule is CC1(C(=O)N2CCC3(CCC(=O)N3Cc3ccc(F)cc3)CC2)CCCCC1. The van der Waals surface area contributed by atoms with Crippen molar-refractivity contribution in [3.63, 3.8) is 0 Å². The van der Waals surface area contributed by atoms with Crippen LogP contribution in [0.2, 0.25) is 0 Å². The van der Waals surface area contributed by atoms with Gasteiger partial charge in [-0.25, -0.2) is 4.39 Å². The minimum absolute atomic E-state index is 0.143. The predicted octanol–water partition coefficient (Wildman–Crippen LogP) is 4.28. The highest BCUT2D eigenvalue weighted by Gasteiger charge is 2.48.